The molecule has 1 saturated carbocycles. The average Bonchev–Trinajstić information content (AvgIpc) is 3.21. The van der Waals surface area contributed by atoms with E-state index in [1.807, 2.05) is 17.5 Å². The number of pyridine rings is 1. The highest BCUT2D eigenvalue weighted by molar-refractivity contribution is 7.13. The number of hydrogen-bond acceptors (Lipinski definition) is 8. The zero-order chi connectivity index (χ0) is 21.1. The number of aliphatic imine (C=N–C) groups is 1. The van der Waals surface area contributed by atoms with E-state index in [1.165, 1.54) is 11.3 Å². The van der Waals surface area contributed by atoms with E-state index in [1.54, 1.807) is 12.4 Å². The summed E-state index contributed by atoms with van der Waals surface area (Å²) in [6.07, 6.45) is 7.19. The smallest absolute Gasteiger partial charge is 0.253 e. The lowest BCUT2D eigenvalue weighted by Gasteiger charge is -2.30. The molecule has 10 heteroatoms. The van der Waals surface area contributed by atoms with Gasteiger partial charge in [0.25, 0.3) is 10.9 Å². The van der Waals surface area contributed by atoms with Gasteiger partial charge in [0.2, 0.25) is 5.13 Å². The van der Waals surface area contributed by atoms with Crippen molar-refractivity contribution in [2.45, 2.75) is 44.2 Å². The monoisotopic (exact) mass is 425 g/mol. The summed E-state index contributed by atoms with van der Waals surface area (Å²) in [5.41, 5.74) is 12.5. The van der Waals surface area contributed by atoms with Crippen molar-refractivity contribution in [2.75, 3.05) is 10.6 Å². The minimum Gasteiger partial charge on any atom is -0.377 e. The van der Waals surface area contributed by atoms with Gasteiger partial charge >= 0.3 is 0 Å². The van der Waals surface area contributed by atoms with Crippen molar-refractivity contribution in [3.8, 4) is 0 Å². The van der Waals surface area contributed by atoms with Crippen molar-refractivity contribution in [3.05, 3.63) is 61.6 Å². The van der Waals surface area contributed by atoms with E-state index in [-0.39, 0.29) is 17.9 Å². The molecule has 6 N–H and O–H groups in total. The summed E-state index contributed by atoms with van der Waals surface area (Å²) in [5, 5.41) is 8.90. The highest BCUT2D eigenvalue weighted by Crippen LogP contribution is 2.36. The maximum atomic E-state index is 12.1. The lowest BCUT2D eigenvalue weighted by molar-refractivity contribution is 0.406. The van der Waals surface area contributed by atoms with Crippen LogP contribution < -0.4 is 33.0 Å². The van der Waals surface area contributed by atoms with Crippen molar-refractivity contribution in [1.29, 1.82) is 0 Å². The zero-order valence-electron chi connectivity index (χ0n) is 16.3. The molecule has 1 aliphatic rings. The first-order valence-electron chi connectivity index (χ1n) is 9.79. The Hall–Kier alpha value is -3.27. The summed E-state index contributed by atoms with van der Waals surface area (Å²) in [5.74, 6) is 0.249. The van der Waals surface area contributed by atoms with E-state index >= 15 is 0 Å². The van der Waals surface area contributed by atoms with Gasteiger partial charge in [0, 0.05) is 36.3 Å². The number of guanidine groups is 1. The Kier molecular flexibility index (Phi) is 5.75. The van der Waals surface area contributed by atoms with Crippen LogP contribution in [0.2, 0.25) is 0 Å². The summed E-state index contributed by atoms with van der Waals surface area (Å²) >= 11 is 1.41. The molecule has 2 heterocycles. The maximum Gasteiger partial charge on any atom is 0.253 e. The quantitative estimate of drug-likeness (QED) is 0.254. The Labute approximate surface area is 177 Å². The fourth-order valence-corrected chi connectivity index (χ4v) is 4.60. The van der Waals surface area contributed by atoms with Crippen LogP contribution in [-0.4, -0.2) is 22.0 Å². The Morgan fingerprint density at radius 2 is 2.07 bits per heavy atom. The molecule has 3 aromatic rings. The number of aromatic nitrogens is 2. The van der Waals surface area contributed by atoms with E-state index in [2.05, 4.69) is 25.6 Å². The van der Waals surface area contributed by atoms with E-state index in [0.717, 1.165) is 36.9 Å². The van der Waals surface area contributed by atoms with Gasteiger partial charge in [-0.05, 0) is 30.9 Å². The number of rotatable bonds is 7. The number of thiazole rings is 1. The molecule has 0 saturated heterocycles. The number of nitrogens with zero attached hydrogens (tertiary/aromatic N) is 3. The molecule has 0 aliphatic heterocycles. The minimum atomic E-state index is -0.477. The van der Waals surface area contributed by atoms with Gasteiger partial charge in [-0.2, -0.15) is 4.99 Å². The van der Waals surface area contributed by atoms with Crippen molar-refractivity contribution in [2.24, 2.45) is 16.5 Å². The molecule has 156 valence electrons. The van der Waals surface area contributed by atoms with Gasteiger partial charge in [0.15, 0.2) is 5.96 Å². The highest BCUT2D eigenvalue weighted by atomic mass is 32.1. The highest BCUT2D eigenvalue weighted by Gasteiger charge is 2.28. The van der Waals surface area contributed by atoms with Crippen LogP contribution in [0.15, 0.2) is 44.5 Å². The first-order chi connectivity index (χ1) is 14.5. The largest absolute Gasteiger partial charge is 0.377 e. The second-order valence-corrected chi connectivity index (χ2v) is 8.26. The molecule has 0 radical (unpaired) electrons. The zero-order valence-corrected chi connectivity index (χ0v) is 17.1. The Morgan fingerprint density at radius 1 is 1.23 bits per heavy atom. The first-order valence-corrected chi connectivity index (χ1v) is 10.7. The second kappa shape index (κ2) is 8.62. The SMILES string of the molecule is NC(N)=Nc1nc(C2CCCC(Nc3c(NCc4cccnc4)c(=O)c3=O)C2)cs1. The first kappa shape index (κ1) is 20.0. The number of anilines is 2. The van der Waals surface area contributed by atoms with Gasteiger partial charge in [0.1, 0.15) is 11.4 Å². The predicted molar refractivity (Wildman–Crippen MR) is 119 cm³/mol. The molecule has 30 heavy (non-hydrogen) atoms. The van der Waals surface area contributed by atoms with Gasteiger partial charge in [-0.15, -0.1) is 11.3 Å². The van der Waals surface area contributed by atoms with E-state index in [9.17, 15) is 9.59 Å². The average molecular weight is 426 g/mol. The Bertz CT molecular complexity index is 1110. The van der Waals surface area contributed by atoms with Crippen LogP contribution >= 0.6 is 11.3 Å². The summed E-state index contributed by atoms with van der Waals surface area (Å²) in [7, 11) is 0. The summed E-state index contributed by atoms with van der Waals surface area (Å²) in [6, 6.07) is 3.84. The predicted octanol–water partition coefficient (Wildman–Crippen LogP) is 1.79. The van der Waals surface area contributed by atoms with Crippen molar-refractivity contribution >= 4 is 33.8 Å². The molecule has 4 rings (SSSR count). The molecular weight excluding hydrogens is 402 g/mol. The van der Waals surface area contributed by atoms with Gasteiger partial charge in [0.05, 0.1) is 5.69 Å². The van der Waals surface area contributed by atoms with Gasteiger partial charge in [-0.3, -0.25) is 14.6 Å². The van der Waals surface area contributed by atoms with E-state index in [0.29, 0.717) is 23.1 Å². The van der Waals surface area contributed by atoms with Crippen LogP contribution in [0.3, 0.4) is 0 Å². The normalized spacial score (nSPS) is 18.8. The van der Waals surface area contributed by atoms with Gasteiger partial charge in [-0.1, -0.05) is 12.5 Å². The lowest BCUT2D eigenvalue weighted by atomic mass is 9.84. The standard InChI is InChI=1S/C20H23N7O2S/c21-19(22)27-20-26-14(10-30-20)12-4-1-5-13(7-12)25-16-15(17(28)18(16)29)24-9-11-3-2-6-23-8-11/h2-3,6,8,10,12-13,24-25H,1,4-5,7,9H2,(H4,21,22,26,27). The topological polar surface area (TPSA) is 148 Å². The van der Waals surface area contributed by atoms with E-state index in [4.69, 9.17) is 11.5 Å². The maximum absolute atomic E-state index is 12.1. The molecule has 0 bridgehead atoms. The molecular formula is C20H23N7O2S. The lowest BCUT2D eigenvalue weighted by Crippen LogP contribution is -2.40. The fourth-order valence-electron chi connectivity index (χ4n) is 3.81. The van der Waals surface area contributed by atoms with Crippen LogP contribution in [0.25, 0.3) is 0 Å². The van der Waals surface area contributed by atoms with E-state index < -0.39 is 10.9 Å². The van der Waals surface area contributed by atoms with Crippen LogP contribution in [0.1, 0.15) is 42.9 Å². The molecule has 0 spiro atoms. The number of nitrogens with one attached hydrogen (secondary N) is 2. The molecule has 1 aliphatic carbocycles. The molecule has 2 unspecified atom stereocenters. The summed E-state index contributed by atoms with van der Waals surface area (Å²) in [4.78, 5) is 36.8. The third-order valence-corrected chi connectivity index (χ3v) is 6.03. The second-order valence-electron chi connectivity index (χ2n) is 7.42. The summed E-state index contributed by atoms with van der Waals surface area (Å²) in [6.45, 7) is 0.438. The van der Waals surface area contributed by atoms with Crippen LogP contribution in [0.4, 0.5) is 16.5 Å². The Morgan fingerprint density at radius 3 is 2.83 bits per heavy atom. The van der Waals surface area contributed by atoms with Crippen LogP contribution in [-0.2, 0) is 6.54 Å². The van der Waals surface area contributed by atoms with Crippen molar-refractivity contribution in [3.63, 3.8) is 0 Å². The van der Waals surface area contributed by atoms with Crippen LogP contribution in [0.5, 0.6) is 0 Å². The third-order valence-electron chi connectivity index (χ3n) is 5.28. The molecule has 9 nitrogen and oxygen atoms in total. The molecule has 1 fully saturated rings. The molecule has 1 aromatic carbocycles. The van der Waals surface area contributed by atoms with Gasteiger partial charge < -0.3 is 22.1 Å². The number of hydrogen-bond donors (Lipinski definition) is 4. The van der Waals surface area contributed by atoms with Crippen LogP contribution in [0, 0.1) is 0 Å². The van der Waals surface area contributed by atoms with Gasteiger partial charge in [-0.25, -0.2) is 4.98 Å². The third kappa shape index (κ3) is 4.33. The fraction of sp³-hybridized carbons (Fsp3) is 0.350. The molecule has 2 aromatic heterocycles. The molecule has 2 atom stereocenters. The Balaban J connectivity index is 1.41. The molecule has 0 amide bonds. The minimum absolute atomic E-state index is 0.00880. The number of nitrogens with two attached hydrogens (primary N) is 2. The summed E-state index contributed by atoms with van der Waals surface area (Å²) < 4.78 is 0. The van der Waals surface area contributed by atoms with Crippen molar-refractivity contribution in [1.82, 2.24) is 9.97 Å². The van der Waals surface area contributed by atoms with Crippen molar-refractivity contribution < 1.29 is 0 Å².